The summed E-state index contributed by atoms with van der Waals surface area (Å²) >= 11 is 0. The smallest absolute Gasteiger partial charge is 0.267 e. The average molecular weight is 160 g/mol. The molecule has 0 unspecified atom stereocenters. The Morgan fingerprint density at radius 3 is 1.92 bits per heavy atom. The van der Waals surface area contributed by atoms with Crippen LogP contribution in [0.5, 0.6) is 0 Å². The van der Waals surface area contributed by atoms with Gasteiger partial charge in [-0.25, -0.2) is 10.9 Å². The Balaban J connectivity index is 2.67. The lowest BCUT2D eigenvalue weighted by Gasteiger charge is -2.01. The van der Waals surface area contributed by atoms with Crippen LogP contribution in [0.15, 0.2) is 12.1 Å². The minimum atomic E-state index is -0.486. The zero-order chi connectivity index (χ0) is 8.72. The van der Waals surface area contributed by atoms with Gasteiger partial charge in [0, 0.05) is 12.1 Å². The van der Waals surface area contributed by atoms with Gasteiger partial charge in [-0.05, 0) is 0 Å². The molecule has 0 saturated carbocycles. The highest BCUT2D eigenvalue weighted by molar-refractivity contribution is 6.20. The molecule has 12 heavy (non-hydrogen) atoms. The van der Waals surface area contributed by atoms with E-state index in [1.165, 1.54) is 12.1 Å². The largest absolute Gasteiger partial charge is 0.276 e. The lowest BCUT2D eigenvalue weighted by Crippen LogP contribution is -2.36. The molecular formula is C8H4N2O2. The molecule has 0 fully saturated rings. The van der Waals surface area contributed by atoms with Crippen molar-refractivity contribution in [2.45, 2.75) is 0 Å². The number of hydrogen-bond acceptors (Lipinski definition) is 3. The topological polar surface area (TPSA) is 63.4 Å². The Hall–Kier alpha value is -1.86. The van der Waals surface area contributed by atoms with Gasteiger partial charge in [0.1, 0.15) is 0 Å². The van der Waals surface area contributed by atoms with E-state index >= 15 is 0 Å². The quantitative estimate of drug-likeness (QED) is 0.323. The monoisotopic (exact) mass is 160 g/mol. The van der Waals surface area contributed by atoms with Crippen molar-refractivity contribution in [3.8, 4) is 0 Å². The first-order valence-electron chi connectivity index (χ1n) is 3.27. The van der Waals surface area contributed by atoms with Crippen LogP contribution in [-0.2, 0) is 0 Å². The molecule has 4 nitrogen and oxygen atoms in total. The minimum Gasteiger partial charge on any atom is -0.267 e. The van der Waals surface area contributed by atoms with E-state index in [2.05, 4.69) is 12.1 Å². The van der Waals surface area contributed by atoms with Crippen LogP contribution in [0.3, 0.4) is 0 Å². The minimum absolute atomic E-state index is 0.293. The highest BCUT2D eigenvalue weighted by Gasteiger charge is 2.32. The molecule has 1 aliphatic rings. The maximum atomic E-state index is 11.2. The molecule has 0 atom stereocenters. The van der Waals surface area contributed by atoms with E-state index in [0.29, 0.717) is 16.1 Å². The zero-order valence-electron chi connectivity index (χ0n) is 6.00. The first-order valence-corrected chi connectivity index (χ1v) is 3.27. The maximum Gasteiger partial charge on any atom is 0.276 e. The van der Waals surface area contributed by atoms with Crippen LogP contribution in [0.4, 0.5) is 0 Å². The van der Waals surface area contributed by atoms with E-state index in [4.69, 9.17) is 5.84 Å². The van der Waals surface area contributed by atoms with Gasteiger partial charge in [-0.2, -0.15) is 0 Å². The summed E-state index contributed by atoms with van der Waals surface area (Å²) in [5.41, 5.74) is 0.586. The second-order valence-corrected chi connectivity index (χ2v) is 2.39. The number of carbonyl (C=O) groups is 2. The number of fused-ring (bicyclic) bond motifs is 1. The first-order chi connectivity index (χ1) is 5.72. The summed E-state index contributed by atoms with van der Waals surface area (Å²) in [6.07, 6.45) is 0. The molecule has 0 saturated heterocycles. The molecule has 0 aliphatic carbocycles. The molecule has 2 N–H and O–H groups in total. The van der Waals surface area contributed by atoms with Crippen molar-refractivity contribution in [3.05, 3.63) is 35.4 Å². The van der Waals surface area contributed by atoms with E-state index in [1.807, 2.05) is 0 Å². The molecule has 1 aliphatic heterocycles. The molecule has 1 aromatic carbocycles. The van der Waals surface area contributed by atoms with Gasteiger partial charge in [-0.1, -0.05) is 12.1 Å². The van der Waals surface area contributed by atoms with Crippen LogP contribution >= 0.6 is 0 Å². The van der Waals surface area contributed by atoms with Gasteiger partial charge in [-0.3, -0.25) is 9.59 Å². The summed E-state index contributed by atoms with van der Waals surface area (Å²) < 4.78 is 0. The van der Waals surface area contributed by atoms with Crippen LogP contribution in [0.2, 0.25) is 0 Å². The van der Waals surface area contributed by atoms with E-state index in [0.717, 1.165) is 0 Å². The van der Waals surface area contributed by atoms with Gasteiger partial charge in [0.15, 0.2) is 0 Å². The Bertz CT molecular complexity index is 338. The normalized spacial score (nSPS) is 14.6. The third-order valence-electron chi connectivity index (χ3n) is 1.70. The van der Waals surface area contributed by atoms with Gasteiger partial charge in [0.2, 0.25) is 0 Å². The molecule has 0 radical (unpaired) electrons. The highest BCUT2D eigenvalue weighted by Crippen LogP contribution is 2.17. The fraction of sp³-hybridized carbons (Fsp3) is 0. The number of hydrazine groups is 1. The standard InChI is InChI=1S/C8H4N2O2/c9-10-7(11)5-3-1-2-4-6(5)8(10)12/h3-4H,9H2. The summed E-state index contributed by atoms with van der Waals surface area (Å²) in [7, 11) is 0. The highest BCUT2D eigenvalue weighted by atomic mass is 16.2. The third kappa shape index (κ3) is 0.657. The number of nitrogens with zero attached hydrogens (tertiary/aromatic N) is 1. The van der Waals surface area contributed by atoms with Crippen molar-refractivity contribution in [1.29, 1.82) is 0 Å². The van der Waals surface area contributed by atoms with Gasteiger partial charge < -0.3 is 0 Å². The lowest BCUT2D eigenvalue weighted by atomic mass is 10.1. The summed E-state index contributed by atoms with van der Waals surface area (Å²) in [4.78, 5) is 22.3. The number of rotatable bonds is 0. The molecule has 1 heterocycles. The van der Waals surface area contributed by atoms with Crippen molar-refractivity contribution in [2.75, 3.05) is 0 Å². The molecule has 2 rings (SSSR count). The number of imide groups is 1. The van der Waals surface area contributed by atoms with E-state index in [1.54, 1.807) is 0 Å². The van der Waals surface area contributed by atoms with Gasteiger partial charge in [0.25, 0.3) is 11.8 Å². The molecule has 2 amide bonds. The number of nitrogens with two attached hydrogens (primary N) is 1. The second kappa shape index (κ2) is 2.06. The molecule has 0 bridgehead atoms. The Kier molecular flexibility index (Phi) is 1.17. The van der Waals surface area contributed by atoms with Crippen LogP contribution < -0.4 is 5.84 Å². The summed E-state index contributed by atoms with van der Waals surface area (Å²) in [5.74, 6) is 4.21. The first kappa shape index (κ1) is 6.83. The van der Waals surface area contributed by atoms with Crippen LogP contribution in [0.1, 0.15) is 20.7 Å². The Morgan fingerprint density at radius 2 is 1.50 bits per heavy atom. The predicted molar refractivity (Wildman–Crippen MR) is 38.8 cm³/mol. The Morgan fingerprint density at radius 1 is 1.08 bits per heavy atom. The molecule has 1 aromatic rings. The second-order valence-electron chi connectivity index (χ2n) is 2.39. The predicted octanol–water partition coefficient (Wildman–Crippen LogP) is -0.243. The van der Waals surface area contributed by atoms with Crippen molar-refractivity contribution in [3.63, 3.8) is 0 Å². The van der Waals surface area contributed by atoms with Crippen molar-refractivity contribution < 1.29 is 9.59 Å². The number of hydrogen-bond donors (Lipinski definition) is 1. The van der Waals surface area contributed by atoms with E-state index in [-0.39, 0.29) is 0 Å². The summed E-state index contributed by atoms with van der Waals surface area (Å²) in [6.45, 7) is 0. The molecule has 58 valence electrons. The number of carbonyl (C=O) groups excluding carboxylic acids is 2. The number of amides is 2. The van der Waals surface area contributed by atoms with Crippen LogP contribution in [0, 0.1) is 12.1 Å². The molecule has 4 heteroatoms. The molecule has 0 spiro atoms. The Labute approximate surface area is 68.5 Å². The zero-order valence-corrected chi connectivity index (χ0v) is 6.00. The maximum absolute atomic E-state index is 11.2. The van der Waals surface area contributed by atoms with Crippen LogP contribution in [0.25, 0.3) is 0 Å². The van der Waals surface area contributed by atoms with Gasteiger partial charge in [0.05, 0.1) is 11.1 Å². The summed E-state index contributed by atoms with van der Waals surface area (Å²) in [6, 6.07) is 7.98. The summed E-state index contributed by atoms with van der Waals surface area (Å²) in [5, 5.41) is 0.590. The van der Waals surface area contributed by atoms with Crippen LogP contribution in [-0.4, -0.2) is 16.8 Å². The lowest BCUT2D eigenvalue weighted by molar-refractivity contribution is 0.0654. The van der Waals surface area contributed by atoms with Gasteiger partial charge in [-0.15, -0.1) is 0 Å². The fourth-order valence-electron chi connectivity index (χ4n) is 1.09. The molecular weight excluding hydrogens is 156 g/mol. The SMILES string of the molecule is NN1C(=O)c2cc#ccc2C1=O. The van der Waals surface area contributed by atoms with Gasteiger partial charge >= 0.3 is 0 Å². The van der Waals surface area contributed by atoms with Crippen molar-refractivity contribution in [1.82, 2.24) is 5.01 Å². The average Bonchev–Trinajstić information content (AvgIpc) is 2.33. The van der Waals surface area contributed by atoms with E-state index < -0.39 is 11.8 Å². The van der Waals surface area contributed by atoms with E-state index in [9.17, 15) is 9.59 Å². The molecule has 0 aromatic heterocycles. The third-order valence-corrected chi connectivity index (χ3v) is 1.70. The fourth-order valence-corrected chi connectivity index (χ4v) is 1.09. The van der Waals surface area contributed by atoms with Crippen molar-refractivity contribution in [2.24, 2.45) is 5.84 Å². The van der Waals surface area contributed by atoms with Crippen molar-refractivity contribution >= 4 is 11.8 Å².